The Morgan fingerprint density at radius 3 is 2.77 bits per heavy atom. The quantitative estimate of drug-likeness (QED) is 0.785. The molecule has 0 aliphatic carbocycles. The molecule has 8 heteroatoms. The topological polar surface area (TPSA) is 70.5 Å². The van der Waals surface area contributed by atoms with Gasteiger partial charge in [-0.05, 0) is 20.5 Å². The molecule has 138 valence electrons. The van der Waals surface area contributed by atoms with Crippen molar-refractivity contribution in [3.05, 3.63) is 36.2 Å². The fourth-order valence-electron chi connectivity index (χ4n) is 3.85. The summed E-state index contributed by atoms with van der Waals surface area (Å²) in [7, 11) is 5.99. The van der Waals surface area contributed by atoms with Gasteiger partial charge in [0.25, 0.3) is 0 Å². The lowest BCUT2D eigenvalue weighted by atomic mass is 10.2. The molecule has 2 aromatic heterocycles. The molecular formula is C18H25N7O. The minimum atomic E-state index is 0.240. The third kappa shape index (κ3) is 3.34. The van der Waals surface area contributed by atoms with Gasteiger partial charge < -0.3 is 19.4 Å². The first kappa shape index (κ1) is 17.1. The van der Waals surface area contributed by atoms with Gasteiger partial charge in [0.05, 0.1) is 18.3 Å². The van der Waals surface area contributed by atoms with Crippen molar-refractivity contribution in [2.24, 2.45) is 0 Å². The highest BCUT2D eigenvalue weighted by Gasteiger charge is 2.34. The maximum Gasteiger partial charge on any atom is 0.134 e. The summed E-state index contributed by atoms with van der Waals surface area (Å²) in [5.74, 6) is 1.89. The van der Waals surface area contributed by atoms with Gasteiger partial charge in [-0.3, -0.25) is 0 Å². The van der Waals surface area contributed by atoms with Crippen LogP contribution in [0.1, 0.15) is 17.7 Å². The Balaban J connectivity index is 1.56. The Hall–Kier alpha value is -2.32. The maximum absolute atomic E-state index is 5.62. The molecule has 4 heterocycles. The van der Waals surface area contributed by atoms with E-state index in [9.17, 15) is 0 Å². The van der Waals surface area contributed by atoms with E-state index in [1.54, 1.807) is 19.8 Å². The minimum absolute atomic E-state index is 0.240. The first-order valence-electron chi connectivity index (χ1n) is 8.93. The largest absolute Gasteiger partial charge is 0.380 e. The van der Waals surface area contributed by atoms with Crippen molar-refractivity contribution in [1.82, 2.24) is 24.8 Å². The first-order chi connectivity index (χ1) is 12.6. The lowest BCUT2D eigenvalue weighted by molar-refractivity contribution is 0.117. The zero-order chi connectivity index (χ0) is 18.1. The summed E-state index contributed by atoms with van der Waals surface area (Å²) in [5, 5.41) is 0. The van der Waals surface area contributed by atoms with E-state index in [1.807, 2.05) is 6.20 Å². The minimum Gasteiger partial charge on any atom is -0.380 e. The van der Waals surface area contributed by atoms with E-state index in [1.165, 1.54) is 5.56 Å². The fourth-order valence-corrected chi connectivity index (χ4v) is 3.85. The molecule has 2 aliphatic rings. The number of aromatic nitrogens is 4. The number of ether oxygens (including phenoxy) is 1. The fraction of sp³-hybridized carbons (Fsp3) is 0.556. The van der Waals surface area contributed by atoms with Crippen LogP contribution >= 0.6 is 0 Å². The van der Waals surface area contributed by atoms with Crippen LogP contribution in [0.25, 0.3) is 0 Å². The summed E-state index contributed by atoms with van der Waals surface area (Å²) in [6.07, 6.45) is 6.41. The van der Waals surface area contributed by atoms with E-state index in [-0.39, 0.29) is 6.10 Å². The second-order valence-electron chi connectivity index (χ2n) is 7.25. The van der Waals surface area contributed by atoms with Gasteiger partial charge in [0.2, 0.25) is 0 Å². The van der Waals surface area contributed by atoms with Gasteiger partial charge >= 0.3 is 0 Å². The predicted octanol–water partition coefficient (Wildman–Crippen LogP) is 0.942. The monoisotopic (exact) mass is 355 g/mol. The van der Waals surface area contributed by atoms with Crippen LogP contribution in [0, 0.1) is 0 Å². The number of nitrogens with zero attached hydrogens (tertiary/aromatic N) is 7. The summed E-state index contributed by atoms with van der Waals surface area (Å²) >= 11 is 0. The Kier molecular flexibility index (Phi) is 4.69. The molecule has 0 radical (unpaired) electrons. The maximum atomic E-state index is 5.62. The summed E-state index contributed by atoms with van der Waals surface area (Å²) in [5.41, 5.74) is 2.24. The van der Waals surface area contributed by atoms with Crippen molar-refractivity contribution < 1.29 is 4.74 Å². The van der Waals surface area contributed by atoms with E-state index >= 15 is 0 Å². The van der Waals surface area contributed by atoms with Crippen molar-refractivity contribution in [3.8, 4) is 0 Å². The molecule has 0 aromatic carbocycles. The third-order valence-electron chi connectivity index (χ3n) is 5.12. The Morgan fingerprint density at radius 1 is 1.15 bits per heavy atom. The number of hydrogen-bond acceptors (Lipinski definition) is 8. The van der Waals surface area contributed by atoms with Crippen LogP contribution in [0.15, 0.2) is 24.9 Å². The molecule has 0 amide bonds. The van der Waals surface area contributed by atoms with Crippen molar-refractivity contribution in [2.75, 3.05) is 44.1 Å². The summed E-state index contributed by atoms with van der Waals surface area (Å²) in [6.45, 7) is 3.38. The number of fused-ring (bicyclic) bond motifs is 1. The van der Waals surface area contributed by atoms with Crippen molar-refractivity contribution in [2.45, 2.75) is 31.7 Å². The molecule has 4 rings (SSSR count). The van der Waals surface area contributed by atoms with Gasteiger partial charge in [-0.15, -0.1) is 0 Å². The average molecular weight is 355 g/mol. The Morgan fingerprint density at radius 2 is 2.00 bits per heavy atom. The number of hydrogen-bond donors (Lipinski definition) is 0. The molecule has 2 aliphatic heterocycles. The van der Waals surface area contributed by atoms with Crippen molar-refractivity contribution in [3.63, 3.8) is 0 Å². The van der Waals surface area contributed by atoms with Gasteiger partial charge in [0, 0.05) is 50.6 Å². The Bertz CT molecular complexity index is 744. The van der Waals surface area contributed by atoms with E-state index in [4.69, 9.17) is 4.74 Å². The van der Waals surface area contributed by atoms with Crippen LogP contribution in [0.4, 0.5) is 11.6 Å². The number of likely N-dealkylation sites (N-methyl/N-ethyl adjacent to an activating group) is 1. The van der Waals surface area contributed by atoms with Gasteiger partial charge in [0.15, 0.2) is 0 Å². The number of methoxy groups -OCH3 is 1. The molecule has 0 saturated carbocycles. The second kappa shape index (κ2) is 7.13. The molecule has 0 spiro atoms. The summed E-state index contributed by atoms with van der Waals surface area (Å²) in [4.78, 5) is 24.3. The zero-order valence-corrected chi connectivity index (χ0v) is 15.5. The molecular weight excluding hydrogens is 330 g/mol. The zero-order valence-electron chi connectivity index (χ0n) is 15.5. The standard InChI is InChI=1S/C18H25N7O/c1-23(2)8-14-4-15(26-3)9-25(14)18-5-17(21-12-22-18)24-7-13-6-19-11-20-16(13)10-24/h5-6,11-12,14-15H,4,7-10H2,1-3H3/t14-,15-/m0/s1. The van der Waals surface area contributed by atoms with Crippen molar-refractivity contribution in [1.29, 1.82) is 0 Å². The molecule has 1 fully saturated rings. The van der Waals surface area contributed by atoms with Crippen LogP contribution in [-0.2, 0) is 17.8 Å². The normalized spacial score (nSPS) is 22.3. The SMILES string of the molecule is CO[C@H]1C[C@@H](CN(C)C)N(c2cc(N3Cc4cncnc4C3)ncn2)C1. The Labute approximate surface area is 153 Å². The van der Waals surface area contributed by atoms with E-state index < -0.39 is 0 Å². The molecule has 2 atom stereocenters. The molecule has 1 saturated heterocycles. The molecule has 0 N–H and O–H groups in total. The molecule has 2 aromatic rings. The van der Waals surface area contributed by atoms with E-state index in [0.29, 0.717) is 6.04 Å². The highest BCUT2D eigenvalue weighted by molar-refractivity contribution is 5.53. The van der Waals surface area contributed by atoms with E-state index in [0.717, 1.165) is 49.9 Å². The first-order valence-corrected chi connectivity index (χ1v) is 8.93. The molecule has 8 nitrogen and oxygen atoms in total. The summed E-state index contributed by atoms with van der Waals surface area (Å²) < 4.78 is 5.62. The molecule has 0 unspecified atom stereocenters. The summed E-state index contributed by atoms with van der Waals surface area (Å²) in [6, 6.07) is 2.47. The van der Waals surface area contributed by atoms with Crippen LogP contribution in [0.2, 0.25) is 0 Å². The van der Waals surface area contributed by atoms with Crippen LogP contribution in [-0.4, -0.2) is 71.3 Å². The van der Waals surface area contributed by atoms with Gasteiger partial charge in [-0.25, -0.2) is 19.9 Å². The van der Waals surface area contributed by atoms with Crippen LogP contribution < -0.4 is 9.80 Å². The average Bonchev–Trinajstić information content (AvgIpc) is 3.25. The highest BCUT2D eigenvalue weighted by Crippen LogP contribution is 2.30. The predicted molar refractivity (Wildman–Crippen MR) is 99.1 cm³/mol. The lowest BCUT2D eigenvalue weighted by Crippen LogP contribution is -2.38. The van der Waals surface area contributed by atoms with Gasteiger partial charge in [-0.2, -0.15) is 0 Å². The number of anilines is 2. The highest BCUT2D eigenvalue weighted by atomic mass is 16.5. The van der Waals surface area contributed by atoms with E-state index in [2.05, 4.69) is 54.8 Å². The lowest BCUT2D eigenvalue weighted by Gasteiger charge is -2.28. The smallest absolute Gasteiger partial charge is 0.134 e. The molecule has 0 bridgehead atoms. The van der Waals surface area contributed by atoms with Crippen LogP contribution in [0.5, 0.6) is 0 Å². The molecule has 26 heavy (non-hydrogen) atoms. The van der Waals surface area contributed by atoms with Gasteiger partial charge in [-0.1, -0.05) is 0 Å². The second-order valence-corrected chi connectivity index (χ2v) is 7.25. The third-order valence-corrected chi connectivity index (χ3v) is 5.12. The van der Waals surface area contributed by atoms with Crippen LogP contribution in [0.3, 0.4) is 0 Å². The van der Waals surface area contributed by atoms with Crippen molar-refractivity contribution >= 4 is 11.6 Å². The van der Waals surface area contributed by atoms with Gasteiger partial charge in [0.1, 0.15) is 24.3 Å². The number of rotatable bonds is 5.